The van der Waals surface area contributed by atoms with Crippen molar-refractivity contribution in [2.24, 2.45) is 5.92 Å². The lowest BCUT2D eigenvalue weighted by atomic mass is 10.0. The molecule has 90 valence electrons. The molecule has 0 bridgehead atoms. The number of anilines is 1. The van der Waals surface area contributed by atoms with Crippen LogP contribution in [0.25, 0.3) is 10.9 Å². The summed E-state index contributed by atoms with van der Waals surface area (Å²) in [6, 6.07) is 10.9. The minimum Gasteiger partial charge on any atom is -0.380 e. The molecule has 1 atom stereocenters. The van der Waals surface area contributed by atoms with Crippen LogP contribution in [0.15, 0.2) is 36.5 Å². The highest BCUT2D eigenvalue weighted by atomic mass is 14.9. The lowest BCUT2D eigenvalue weighted by Gasteiger charge is -2.22. The Balaban J connectivity index is 2.35. The van der Waals surface area contributed by atoms with Gasteiger partial charge in [-0.25, -0.2) is 0 Å². The molecule has 0 spiro atoms. The lowest BCUT2D eigenvalue weighted by Crippen LogP contribution is -2.24. The second-order valence-electron chi connectivity index (χ2n) is 4.78. The van der Waals surface area contributed by atoms with Gasteiger partial charge >= 0.3 is 0 Å². The molecular weight excluding hydrogens is 208 g/mol. The van der Waals surface area contributed by atoms with Gasteiger partial charge in [0.2, 0.25) is 0 Å². The molecule has 1 aromatic carbocycles. The van der Waals surface area contributed by atoms with Crippen LogP contribution < -0.4 is 5.32 Å². The molecule has 2 rings (SSSR count). The van der Waals surface area contributed by atoms with Crippen LogP contribution in [0, 0.1) is 5.92 Å². The molecular formula is C15H20N2. The predicted molar refractivity (Wildman–Crippen MR) is 74.3 cm³/mol. The Labute approximate surface area is 103 Å². The van der Waals surface area contributed by atoms with Crippen LogP contribution in [0.1, 0.15) is 27.2 Å². The van der Waals surface area contributed by atoms with Crippen LogP contribution in [-0.2, 0) is 0 Å². The standard InChI is InChI=1S/C15H20N2/c1-4-13(11(2)3)17-14-9-5-7-12-8-6-10-16-15(12)14/h5-11,13,17H,4H2,1-3H3. The van der Waals surface area contributed by atoms with Crippen molar-refractivity contribution >= 4 is 16.6 Å². The third-order valence-electron chi connectivity index (χ3n) is 3.22. The Morgan fingerprint density at radius 1 is 1.18 bits per heavy atom. The van der Waals surface area contributed by atoms with E-state index in [1.54, 1.807) is 0 Å². The summed E-state index contributed by atoms with van der Waals surface area (Å²) >= 11 is 0. The van der Waals surface area contributed by atoms with Crippen LogP contribution in [0.5, 0.6) is 0 Å². The number of nitrogens with zero attached hydrogens (tertiary/aromatic N) is 1. The fraction of sp³-hybridized carbons (Fsp3) is 0.400. The molecule has 0 aliphatic rings. The van der Waals surface area contributed by atoms with E-state index in [4.69, 9.17) is 0 Å². The average Bonchev–Trinajstić information content (AvgIpc) is 2.35. The maximum absolute atomic E-state index is 4.47. The van der Waals surface area contributed by atoms with Crippen LogP contribution in [0.2, 0.25) is 0 Å². The third-order valence-corrected chi connectivity index (χ3v) is 3.22. The number of pyridine rings is 1. The van der Waals surface area contributed by atoms with E-state index in [2.05, 4.69) is 55.3 Å². The second kappa shape index (κ2) is 5.17. The third kappa shape index (κ3) is 2.57. The molecule has 0 fully saturated rings. The maximum atomic E-state index is 4.47. The van der Waals surface area contributed by atoms with Crippen molar-refractivity contribution in [3.8, 4) is 0 Å². The number of hydrogen-bond donors (Lipinski definition) is 1. The van der Waals surface area contributed by atoms with Crippen molar-refractivity contribution in [3.05, 3.63) is 36.5 Å². The predicted octanol–water partition coefficient (Wildman–Crippen LogP) is 4.08. The Bertz CT molecular complexity index is 486. The van der Waals surface area contributed by atoms with E-state index < -0.39 is 0 Å². The number of para-hydroxylation sites is 1. The summed E-state index contributed by atoms with van der Waals surface area (Å²) < 4.78 is 0. The fourth-order valence-corrected chi connectivity index (χ4v) is 2.16. The van der Waals surface area contributed by atoms with Crippen molar-refractivity contribution in [2.75, 3.05) is 5.32 Å². The smallest absolute Gasteiger partial charge is 0.0933 e. The molecule has 1 heterocycles. The zero-order chi connectivity index (χ0) is 12.3. The highest BCUT2D eigenvalue weighted by Gasteiger charge is 2.12. The molecule has 0 aliphatic carbocycles. The molecule has 0 saturated heterocycles. The van der Waals surface area contributed by atoms with Gasteiger partial charge < -0.3 is 5.32 Å². The fourth-order valence-electron chi connectivity index (χ4n) is 2.16. The monoisotopic (exact) mass is 228 g/mol. The molecule has 17 heavy (non-hydrogen) atoms. The van der Waals surface area contributed by atoms with Crippen LogP contribution >= 0.6 is 0 Å². The summed E-state index contributed by atoms with van der Waals surface area (Å²) in [5.74, 6) is 0.624. The first kappa shape index (κ1) is 11.9. The number of fused-ring (bicyclic) bond motifs is 1. The van der Waals surface area contributed by atoms with Crippen molar-refractivity contribution in [3.63, 3.8) is 0 Å². The largest absolute Gasteiger partial charge is 0.380 e. The van der Waals surface area contributed by atoms with Crippen molar-refractivity contribution in [1.29, 1.82) is 0 Å². The number of aromatic nitrogens is 1. The van der Waals surface area contributed by atoms with Crippen molar-refractivity contribution in [1.82, 2.24) is 4.98 Å². The molecule has 2 heteroatoms. The Hall–Kier alpha value is -1.57. The van der Waals surface area contributed by atoms with E-state index in [9.17, 15) is 0 Å². The average molecular weight is 228 g/mol. The first-order valence-electron chi connectivity index (χ1n) is 6.32. The lowest BCUT2D eigenvalue weighted by molar-refractivity contribution is 0.511. The highest BCUT2D eigenvalue weighted by molar-refractivity contribution is 5.90. The van der Waals surface area contributed by atoms with Crippen LogP contribution in [0.3, 0.4) is 0 Å². The first-order chi connectivity index (χ1) is 8.22. The van der Waals surface area contributed by atoms with E-state index in [0.717, 1.165) is 17.6 Å². The van der Waals surface area contributed by atoms with Gasteiger partial charge in [0.15, 0.2) is 0 Å². The Morgan fingerprint density at radius 2 is 1.94 bits per heavy atom. The Morgan fingerprint density at radius 3 is 2.65 bits per heavy atom. The molecule has 0 aliphatic heterocycles. The number of benzene rings is 1. The van der Waals surface area contributed by atoms with Gasteiger partial charge in [0.1, 0.15) is 0 Å². The van der Waals surface area contributed by atoms with E-state index in [-0.39, 0.29) is 0 Å². The zero-order valence-electron chi connectivity index (χ0n) is 10.8. The topological polar surface area (TPSA) is 24.9 Å². The molecule has 0 saturated carbocycles. The van der Waals surface area contributed by atoms with Crippen molar-refractivity contribution < 1.29 is 0 Å². The van der Waals surface area contributed by atoms with Gasteiger partial charge in [0.25, 0.3) is 0 Å². The van der Waals surface area contributed by atoms with E-state index in [0.29, 0.717) is 12.0 Å². The van der Waals surface area contributed by atoms with Gasteiger partial charge in [-0.05, 0) is 24.5 Å². The number of nitrogens with one attached hydrogen (secondary N) is 1. The number of hydrogen-bond acceptors (Lipinski definition) is 2. The van der Waals surface area contributed by atoms with Crippen molar-refractivity contribution in [2.45, 2.75) is 33.2 Å². The van der Waals surface area contributed by atoms with E-state index >= 15 is 0 Å². The van der Waals surface area contributed by atoms with Gasteiger partial charge in [-0.1, -0.05) is 39.0 Å². The van der Waals surface area contributed by atoms with E-state index in [1.165, 1.54) is 5.39 Å². The molecule has 2 aromatic rings. The van der Waals surface area contributed by atoms with Gasteiger partial charge in [0.05, 0.1) is 11.2 Å². The maximum Gasteiger partial charge on any atom is 0.0933 e. The molecule has 0 amide bonds. The zero-order valence-corrected chi connectivity index (χ0v) is 10.8. The number of rotatable bonds is 4. The minimum atomic E-state index is 0.502. The van der Waals surface area contributed by atoms with Crippen LogP contribution in [0.4, 0.5) is 5.69 Å². The minimum absolute atomic E-state index is 0.502. The summed E-state index contributed by atoms with van der Waals surface area (Å²) in [4.78, 5) is 4.47. The SMILES string of the molecule is CCC(Nc1cccc2cccnc12)C(C)C. The molecule has 1 aromatic heterocycles. The second-order valence-corrected chi connectivity index (χ2v) is 4.78. The molecule has 0 radical (unpaired) electrons. The summed E-state index contributed by atoms with van der Waals surface area (Å²) in [7, 11) is 0. The first-order valence-corrected chi connectivity index (χ1v) is 6.32. The Kier molecular flexibility index (Phi) is 3.62. The summed E-state index contributed by atoms with van der Waals surface area (Å²) in [6.45, 7) is 6.72. The highest BCUT2D eigenvalue weighted by Crippen LogP contribution is 2.23. The molecule has 2 nitrogen and oxygen atoms in total. The summed E-state index contributed by atoms with van der Waals surface area (Å²) in [5.41, 5.74) is 2.21. The van der Waals surface area contributed by atoms with Gasteiger partial charge in [0, 0.05) is 17.6 Å². The van der Waals surface area contributed by atoms with Gasteiger partial charge in [-0.3, -0.25) is 4.98 Å². The normalized spacial score (nSPS) is 12.9. The summed E-state index contributed by atoms with van der Waals surface area (Å²) in [5, 5.41) is 4.80. The summed E-state index contributed by atoms with van der Waals surface area (Å²) in [6.07, 6.45) is 2.98. The van der Waals surface area contributed by atoms with Crippen LogP contribution in [-0.4, -0.2) is 11.0 Å². The van der Waals surface area contributed by atoms with Gasteiger partial charge in [-0.2, -0.15) is 0 Å². The molecule has 1 unspecified atom stereocenters. The quantitative estimate of drug-likeness (QED) is 0.852. The van der Waals surface area contributed by atoms with Gasteiger partial charge in [-0.15, -0.1) is 0 Å². The molecule has 1 N–H and O–H groups in total. The van der Waals surface area contributed by atoms with E-state index in [1.807, 2.05) is 12.3 Å².